The first kappa shape index (κ1) is 27.8. The molecule has 7 rings (SSSR count). The lowest BCUT2D eigenvalue weighted by molar-refractivity contribution is -0.138. The number of rotatable bonds is 7. The van der Waals surface area contributed by atoms with Crippen LogP contribution in [0.15, 0.2) is 139 Å². The highest BCUT2D eigenvalue weighted by molar-refractivity contribution is 7.99. The van der Waals surface area contributed by atoms with Gasteiger partial charge in [0.25, 0.3) is 5.56 Å². The first-order valence-corrected chi connectivity index (χ1v) is 15.7. The van der Waals surface area contributed by atoms with Crippen molar-refractivity contribution in [1.82, 2.24) is 9.55 Å². The summed E-state index contributed by atoms with van der Waals surface area (Å²) >= 11 is 2.74. The fraction of sp³-hybridized carbons (Fsp3) is 0.0857. The van der Waals surface area contributed by atoms with E-state index >= 15 is 0 Å². The number of carbonyl (C=O) groups excluding carboxylic acids is 1. The normalized spacial score (nSPS) is 14.8. The third-order valence-corrected chi connectivity index (χ3v) is 9.12. The Hall–Kier alpha value is -4.99. The Bertz CT molecular complexity index is 2210. The minimum atomic E-state index is -0.717. The van der Waals surface area contributed by atoms with Gasteiger partial charge in [0.15, 0.2) is 9.89 Å². The smallest absolute Gasteiger partial charge is 0.338 e. The number of thiazole rings is 1. The first-order chi connectivity index (χ1) is 21.6. The molecule has 0 unspecified atom stereocenters. The molecular weight excluding hydrogens is 591 g/mol. The molecule has 0 fully saturated rings. The zero-order valence-electron chi connectivity index (χ0n) is 23.5. The van der Waals surface area contributed by atoms with Gasteiger partial charge in [-0.3, -0.25) is 14.3 Å². The largest absolute Gasteiger partial charge is 0.463 e. The van der Waals surface area contributed by atoms with E-state index in [1.54, 1.807) is 23.8 Å². The number of fused-ring (bicyclic) bond motifs is 2. The molecular formula is C35H25N3O4S2. The van der Waals surface area contributed by atoms with Gasteiger partial charge < -0.3 is 9.15 Å². The summed E-state index contributed by atoms with van der Waals surface area (Å²) in [5.74, 6) is 0.0315. The lowest BCUT2D eigenvalue weighted by Crippen LogP contribution is -2.39. The minimum absolute atomic E-state index is 0.198. The number of hydrogen-bond donors (Lipinski definition) is 0. The molecule has 0 saturated carbocycles. The van der Waals surface area contributed by atoms with Crippen LogP contribution in [0.3, 0.4) is 0 Å². The summed E-state index contributed by atoms with van der Waals surface area (Å²) in [4.78, 5) is 38.5. The number of pyridine rings is 1. The fourth-order valence-electron chi connectivity index (χ4n) is 5.25. The highest BCUT2D eigenvalue weighted by Gasteiger charge is 2.35. The van der Waals surface area contributed by atoms with Gasteiger partial charge in [0.05, 0.1) is 34.0 Å². The van der Waals surface area contributed by atoms with Crippen molar-refractivity contribution in [3.63, 3.8) is 0 Å². The molecule has 6 aromatic rings. The zero-order chi connectivity index (χ0) is 30.0. The maximum absolute atomic E-state index is 14.1. The molecule has 0 radical (unpaired) electrons. The molecule has 0 aliphatic carbocycles. The van der Waals surface area contributed by atoms with Gasteiger partial charge in [-0.25, -0.2) is 9.79 Å². The number of benzene rings is 3. The molecule has 0 bridgehead atoms. The van der Waals surface area contributed by atoms with Gasteiger partial charge in [0, 0.05) is 28.1 Å². The molecule has 216 valence electrons. The Kier molecular flexibility index (Phi) is 7.55. The Labute approximate surface area is 260 Å². The van der Waals surface area contributed by atoms with Crippen LogP contribution in [0.1, 0.15) is 29.9 Å². The summed E-state index contributed by atoms with van der Waals surface area (Å²) in [6.07, 6.45) is 3.51. The molecule has 7 nitrogen and oxygen atoms in total. The summed E-state index contributed by atoms with van der Waals surface area (Å²) < 4.78 is 13.7. The molecule has 3 aromatic carbocycles. The third-order valence-electron chi connectivity index (χ3n) is 7.17. The standard InChI is InChI=1S/C35H25N3O4S2/c1-2-41-34(40)29-31(23-11-5-3-6-12-23)37-35-38(32(29)24-13-7-4-8-14-24)33(39)27(44-35)21-25-18-19-28(42-25)43-26-17-9-15-22-16-10-20-36-30(22)26/h3-21,32H,2H2,1H3/b27-21-/t32-/m1/s1. The van der Waals surface area contributed by atoms with E-state index in [1.807, 2.05) is 103 Å². The SMILES string of the molecule is CCOC(=O)C1=C(c2ccccc2)N=c2s/c(=C\c3ccc(Sc4cccc5cccnc45)o3)c(=O)n2[C@@H]1c1ccccc1. The Morgan fingerprint density at radius 1 is 0.977 bits per heavy atom. The number of esters is 1. The predicted octanol–water partition coefficient (Wildman–Crippen LogP) is 6.23. The van der Waals surface area contributed by atoms with Crippen LogP contribution in [-0.4, -0.2) is 22.1 Å². The highest BCUT2D eigenvalue weighted by Crippen LogP contribution is 2.36. The third kappa shape index (κ3) is 5.21. The first-order valence-electron chi connectivity index (χ1n) is 14.1. The summed E-state index contributed by atoms with van der Waals surface area (Å²) in [5.41, 5.74) is 3.01. The van der Waals surface area contributed by atoms with Gasteiger partial charge in [-0.05, 0) is 48.5 Å². The van der Waals surface area contributed by atoms with E-state index in [4.69, 9.17) is 14.1 Å². The maximum atomic E-state index is 14.1. The van der Waals surface area contributed by atoms with E-state index < -0.39 is 12.0 Å². The molecule has 44 heavy (non-hydrogen) atoms. The van der Waals surface area contributed by atoms with E-state index in [2.05, 4.69) is 4.98 Å². The number of furan rings is 1. The summed E-state index contributed by atoms with van der Waals surface area (Å²) in [5, 5.41) is 1.73. The van der Waals surface area contributed by atoms with Crippen LogP contribution in [-0.2, 0) is 9.53 Å². The molecule has 0 spiro atoms. The number of nitrogens with zero attached hydrogens (tertiary/aromatic N) is 3. The van der Waals surface area contributed by atoms with Gasteiger partial charge in [-0.1, -0.05) is 90.2 Å². The number of carbonyl (C=O) groups is 1. The zero-order valence-corrected chi connectivity index (χ0v) is 25.2. The fourth-order valence-corrected chi connectivity index (χ4v) is 7.14. The molecule has 0 saturated heterocycles. The molecule has 9 heteroatoms. The second-order valence-electron chi connectivity index (χ2n) is 9.93. The molecule has 1 aliphatic rings. The molecule has 0 amide bonds. The van der Waals surface area contributed by atoms with Crippen LogP contribution in [0.4, 0.5) is 0 Å². The summed E-state index contributed by atoms with van der Waals surface area (Å²) in [7, 11) is 0. The van der Waals surface area contributed by atoms with Crippen molar-refractivity contribution in [2.45, 2.75) is 23.0 Å². The van der Waals surface area contributed by atoms with Crippen molar-refractivity contribution >= 4 is 51.7 Å². The van der Waals surface area contributed by atoms with E-state index in [0.29, 0.717) is 31.5 Å². The lowest BCUT2D eigenvalue weighted by atomic mass is 9.93. The number of aromatic nitrogens is 2. The van der Waals surface area contributed by atoms with E-state index in [9.17, 15) is 9.59 Å². The van der Waals surface area contributed by atoms with Gasteiger partial charge in [-0.15, -0.1) is 0 Å². The molecule has 4 heterocycles. The van der Waals surface area contributed by atoms with Crippen LogP contribution in [0.25, 0.3) is 22.7 Å². The quantitative estimate of drug-likeness (QED) is 0.198. The molecule has 1 atom stereocenters. The van der Waals surface area contributed by atoms with Crippen LogP contribution in [0.5, 0.6) is 0 Å². The second kappa shape index (κ2) is 11.9. The molecule has 0 N–H and O–H groups in total. The van der Waals surface area contributed by atoms with Gasteiger partial charge in [0.1, 0.15) is 5.76 Å². The number of hydrogen-bond acceptors (Lipinski definition) is 8. The Morgan fingerprint density at radius 2 is 1.75 bits per heavy atom. The average molecular weight is 616 g/mol. The van der Waals surface area contributed by atoms with Crippen molar-refractivity contribution in [2.75, 3.05) is 6.61 Å². The summed E-state index contributed by atoms with van der Waals surface area (Å²) in [6, 6.07) is 32.0. The monoisotopic (exact) mass is 615 g/mol. The second-order valence-corrected chi connectivity index (χ2v) is 12.0. The minimum Gasteiger partial charge on any atom is -0.463 e. The lowest BCUT2D eigenvalue weighted by Gasteiger charge is -2.25. The Morgan fingerprint density at radius 3 is 2.55 bits per heavy atom. The van der Waals surface area contributed by atoms with Gasteiger partial charge in [0.2, 0.25) is 0 Å². The van der Waals surface area contributed by atoms with Crippen molar-refractivity contribution in [3.05, 3.63) is 151 Å². The van der Waals surface area contributed by atoms with Crippen molar-refractivity contribution < 1.29 is 13.9 Å². The average Bonchev–Trinajstić information content (AvgIpc) is 3.64. The van der Waals surface area contributed by atoms with Gasteiger partial charge >= 0.3 is 5.97 Å². The molecule has 3 aromatic heterocycles. The molecule has 1 aliphatic heterocycles. The predicted molar refractivity (Wildman–Crippen MR) is 172 cm³/mol. The summed E-state index contributed by atoms with van der Waals surface area (Å²) in [6.45, 7) is 1.96. The maximum Gasteiger partial charge on any atom is 0.338 e. The van der Waals surface area contributed by atoms with Crippen molar-refractivity contribution in [1.29, 1.82) is 0 Å². The Balaban J connectivity index is 1.35. The highest BCUT2D eigenvalue weighted by atomic mass is 32.2. The van der Waals surface area contributed by atoms with E-state index in [0.717, 1.165) is 26.9 Å². The van der Waals surface area contributed by atoms with Gasteiger partial charge in [-0.2, -0.15) is 0 Å². The van der Waals surface area contributed by atoms with E-state index in [1.165, 1.54) is 23.1 Å². The number of para-hydroxylation sites is 1. The van der Waals surface area contributed by atoms with Crippen LogP contribution in [0, 0.1) is 0 Å². The topological polar surface area (TPSA) is 86.7 Å². The van der Waals surface area contributed by atoms with E-state index in [-0.39, 0.29) is 12.2 Å². The van der Waals surface area contributed by atoms with Crippen molar-refractivity contribution in [3.8, 4) is 0 Å². The van der Waals surface area contributed by atoms with Crippen molar-refractivity contribution in [2.24, 2.45) is 4.99 Å². The number of ether oxygens (including phenoxy) is 1. The van der Waals surface area contributed by atoms with Crippen LogP contribution < -0.4 is 14.9 Å². The van der Waals surface area contributed by atoms with Crippen LogP contribution in [0.2, 0.25) is 0 Å². The van der Waals surface area contributed by atoms with Crippen LogP contribution >= 0.6 is 23.1 Å².